The highest BCUT2D eigenvalue weighted by atomic mass is 19.3. The maximum Gasteiger partial charge on any atom is 0.407 e. The Kier molecular flexibility index (Phi) is 9.13. The van der Waals surface area contributed by atoms with Crippen LogP contribution in [0, 0.1) is 0 Å². The summed E-state index contributed by atoms with van der Waals surface area (Å²) in [7, 11) is 1.45. The van der Waals surface area contributed by atoms with E-state index in [2.05, 4.69) is 10.6 Å². The van der Waals surface area contributed by atoms with Crippen molar-refractivity contribution in [2.24, 2.45) is 0 Å². The van der Waals surface area contributed by atoms with Gasteiger partial charge in [0.25, 0.3) is 0 Å². The molecule has 0 saturated heterocycles. The summed E-state index contributed by atoms with van der Waals surface area (Å²) >= 11 is 0. The number of benzene rings is 2. The number of alkyl halides is 2. The Bertz CT molecular complexity index is 1000. The van der Waals surface area contributed by atoms with Crippen LogP contribution in [0.5, 0.6) is 0 Å². The predicted molar refractivity (Wildman–Crippen MR) is 123 cm³/mol. The number of halogens is 2. The maximum atomic E-state index is 13.1. The molecule has 3 N–H and O–H groups in total. The number of hydrogen-bond donors (Lipinski definition) is 3. The molecule has 0 fully saturated rings. The predicted octanol–water partition coefficient (Wildman–Crippen LogP) is 3.54. The lowest BCUT2D eigenvalue weighted by Gasteiger charge is -2.22. The number of aliphatic carboxylic acids is 1. The number of amides is 2. The minimum atomic E-state index is -2.91. The zero-order valence-corrected chi connectivity index (χ0v) is 19.2. The molecule has 2 unspecified atom stereocenters. The van der Waals surface area contributed by atoms with E-state index >= 15 is 0 Å². The normalized spacial score (nSPS) is 14.1. The number of nitrogens with one attached hydrogen (secondary N) is 2. The van der Waals surface area contributed by atoms with Gasteiger partial charge in [-0.05, 0) is 35.1 Å². The third-order valence-corrected chi connectivity index (χ3v) is 5.82. The van der Waals surface area contributed by atoms with Crippen molar-refractivity contribution in [1.29, 1.82) is 0 Å². The summed E-state index contributed by atoms with van der Waals surface area (Å²) < 4.78 is 36.4. The molecule has 1 aliphatic carbocycles. The molecule has 35 heavy (non-hydrogen) atoms. The highest BCUT2D eigenvalue weighted by Gasteiger charge is 2.31. The van der Waals surface area contributed by atoms with E-state index in [0.29, 0.717) is 6.42 Å². The van der Waals surface area contributed by atoms with Gasteiger partial charge in [0.2, 0.25) is 12.3 Å². The number of ether oxygens (including phenoxy) is 2. The fraction of sp³-hybridized carbons (Fsp3) is 0.400. The summed E-state index contributed by atoms with van der Waals surface area (Å²) in [4.78, 5) is 36.4. The maximum absolute atomic E-state index is 13.1. The van der Waals surface area contributed by atoms with Crippen molar-refractivity contribution in [3.8, 4) is 11.1 Å². The van der Waals surface area contributed by atoms with Crippen LogP contribution >= 0.6 is 0 Å². The largest absolute Gasteiger partial charge is 0.480 e. The van der Waals surface area contributed by atoms with Gasteiger partial charge in [0.1, 0.15) is 18.7 Å². The minimum Gasteiger partial charge on any atom is -0.480 e. The van der Waals surface area contributed by atoms with Crippen LogP contribution < -0.4 is 10.6 Å². The lowest BCUT2D eigenvalue weighted by atomic mass is 9.98. The molecular formula is C25H28F2N2O6. The van der Waals surface area contributed by atoms with Gasteiger partial charge in [-0.3, -0.25) is 4.79 Å². The molecule has 0 bridgehead atoms. The zero-order valence-electron chi connectivity index (χ0n) is 19.2. The number of carbonyl (C=O) groups is 3. The van der Waals surface area contributed by atoms with Crippen LogP contribution in [0.1, 0.15) is 36.3 Å². The standard InChI is InChI=1S/C25H28F2N2O6/c1-34-12-6-11-20(24(31)32)28-23(30)21(13-22(26)27)29-25(33)35-14-19-17-9-4-2-7-15(17)16-8-3-5-10-18(16)19/h2-5,7-10,19-22H,6,11-14H2,1H3,(H,28,30)(H,29,33)(H,31,32). The van der Waals surface area contributed by atoms with E-state index in [9.17, 15) is 28.3 Å². The summed E-state index contributed by atoms with van der Waals surface area (Å²) in [5.41, 5.74) is 4.01. The van der Waals surface area contributed by atoms with Crippen LogP contribution in [0.25, 0.3) is 11.1 Å². The molecule has 10 heteroatoms. The van der Waals surface area contributed by atoms with Gasteiger partial charge >= 0.3 is 12.1 Å². The Morgan fingerprint density at radius 2 is 1.57 bits per heavy atom. The lowest BCUT2D eigenvalue weighted by Crippen LogP contribution is -2.52. The SMILES string of the molecule is COCCCC(NC(=O)C(CC(F)F)NC(=O)OCC1c2ccccc2-c2ccccc21)C(=O)O. The van der Waals surface area contributed by atoms with Gasteiger partial charge in [-0.1, -0.05) is 48.5 Å². The summed E-state index contributed by atoms with van der Waals surface area (Å²) in [5.74, 6) is -2.58. The summed E-state index contributed by atoms with van der Waals surface area (Å²) in [5, 5.41) is 13.7. The van der Waals surface area contributed by atoms with E-state index in [4.69, 9.17) is 9.47 Å². The first kappa shape index (κ1) is 26.1. The average Bonchev–Trinajstić information content (AvgIpc) is 3.15. The smallest absolute Gasteiger partial charge is 0.407 e. The zero-order chi connectivity index (χ0) is 25.4. The van der Waals surface area contributed by atoms with Crippen LogP contribution in [0.2, 0.25) is 0 Å². The first-order chi connectivity index (χ1) is 16.8. The molecule has 0 saturated carbocycles. The van der Waals surface area contributed by atoms with Gasteiger partial charge in [-0.15, -0.1) is 0 Å². The van der Waals surface area contributed by atoms with Crippen molar-refractivity contribution in [2.75, 3.05) is 20.3 Å². The Morgan fingerprint density at radius 1 is 0.971 bits per heavy atom. The molecule has 8 nitrogen and oxygen atoms in total. The topological polar surface area (TPSA) is 114 Å². The number of methoxy groups -OCH3 is 1. The molecule has 0 heterocycles. The second-order valence-corrected chi connectivity index (χ2v) is 8.18. The first-order valence-electron chi connectivity index (χ1n) is 11.2. The molecule has 1 aliphatic rings. The molecule has 2 atom stereocenters. The third kappa shape index (κ3) is 6.75. The van der Waals surface area contributed by atoms with Crippen molar-refractivity contribution in [3.63, 3.8) is 0 Å². The van der Waals surface area contributed by atoms with E-state index in [1.54, 1.807) is 0 Å². The fourth-order valence-electron chi connectivity index (χ4n) is 4.15. The van der Waals surface area contributed by atoms with Crippen molar-refractivity contribution in [3.05, 3.63) is 59.7 Å². The van der Waals surface area contributed by atoms with Gasteiger partial charge in [0.05, 0.1) is 0 Å². The van der Waals surface area contributed by atoms with Gasteiger partial charge < -0.3 is 25.2 Å². The second-order valence-electron chi connectivity index (χ2n) is 8.18. The van der Waals surface area contributed by atoms with Gasteiger partial charge in [-0.25, -0.2) is 18.4 Å². The van der Waals surface area contributed by atoms with Crippen molar-refractivity contribution in [1.82, 2.24) is 10.6 Å². The summed E-state index contributed by atoms with van der Waals surface area (Å²) in [6, 6.07) is 12.5. The quantitative estimate of drug-likeness (QED) is 0.392. The second kappa shape index (κ2) is 12.3. The van der Waals surface area contributed by atoms with Crippen LogP contribution in [0.15, 0.2) is 48.5 Å². The number of rotatable bonds is 12. The molecule has 0 spiro atoms. The van der Waals surface area contributed by atoms with Crippen molar-refractivity contribution in [2.45, 2.75) is 43.7 Å². The van der Waals surface area contributed by atoms with Crippen molar-refractivity contribution >= 4 is 18.0 Å². The van der Waals surface area contributed by atoms with Gasteiger partial charge in [-0.2, -0.15) is 0 Å². The molecule has 2 aromatic rings. The minimum absolute atomic E-state index is 0.0429. The number of alkyl carbamates (subject to hydrolysis) is 1. The number of carbonyl (C=O) groups excluding carboxylic acids is 2. The summed E-state index contributed by atoms with van der Waals surface area (Å²) in [6.45, 7) is 0.218. The highest BCUT2D eigenvalue weighted by Crippen LogP contribution is 2.44. The number of hydrogen-bond acceptors (Lipinski definition) is 5. The molecule has 2 aromatic carbocycles. The third-order valence-electron chi connectivity index (χ3n) is 5.82. The number of carboxylic acids is 1. The van der Waals surface area contributed by atoms with Crippen LogP contribution in [0.4, 0.5) is 13.6 Å². The molecule has 0 radical (unpaired) electrons. The van der Waals surface area contributed by atoms with Gasteiger partial charge in [0.15, 0.2) is 0 Å². The molecular weight excluding hydrogens is 462 g/mol. The van der Waals surface area contributed by atoms with Gasteiger partial charge in [0, 0.05) is 26.1 Å². The fourth-order valence-corrected chi connectivity index (χ4v) is 4.15. The van der Waals surface area contributed by atoms with Crippen LogP contribution in [-0.4, -0.2) is 61.9 Å². The first-order valence-corrected chi connectivity index (χ1v) is 11.2. The Balaban J connectivity index is 1.64. The number of fused-ring (bicyclic) bond motifs is 3. The van der Waals surface area contributed by atoms with E-state index in [-0.39, 0.29) is 25.6 Å². The Labute approximate surface area is 201 Å². The lowest BCUT2D eigenvalue weighted by molar-refractivity contribution is -0.142. The molecule has 0 aromatic heterocycles. The Hall–Kier alpha value is -3.53. The van der Waals surface area contributed by atoms with E-state index in [1.807, 2.05) is 48.5 Å². The van der Waals surface area contributed by atoms with E-state index < -0.39 is 42.9 Å². The highest BCUT2D eigenvalue weighted by molar-refractivity contribution is 5.89. The van der Waals surface area contributed by atoms with Crippen molar-refractivity contribution < 1.29 is 37.7 Å². The molecule has 2 amide bonds. The monoisotopic (exact) mass is 490 g/mol. The summed E-state index contributed by atoms with van der Waals surface area (Å²) in [6.07, 6.45) is -4.55. The molecule has 3 rings (SSSR count). The Morgan fingerprint density at radius 3 is 2.11 bits per heavy atom. The number of carboxylic acid groups (broad SMARTS) is 1. The van der Waals surface area contributed by atoms with E-state index in [1.165, 1.54) is 7.11 Å². The molecule has 0 aliphatic heterocycles. The molecule has 188 valence electrons. The van der Waals surface area contributed by atoms with Crippen LogP contribution in [0.3, 0.4) is 0 Å². The average molecular weight is 491 g/mol. The van der Waals surface area contributed by atoms with Crippen LogP contribution in [-0.2, 0) is 19.1 Å². The van der Waals surface area contributed by atoms with E-state index in [0.717, 1.165) is 22.3 Å².